The van der Waals surface area contributed by atoms with E-state index in [1.54, 1.807) is 6.20 Å². The summed E-state index contributed by atoms with van der Waals surface area (Å²) in [5, 5.41) is 2.63. The molecule has 1 N–H and O–H groups in total. The molecule has 2 heteroatoms. The number of benzene rings is 2. The fourth-order valence-corrected chi connectivity index (χ4v) is 4.43. The fraction of sp³-hybridized carbons (Fsp3) is 0.167. The van der Waals surface area contributed by atoms with Crippen LogP contribution in [0.3, 0.4) is 0 Å². The molecule has 0 fully saturated rings. The van der Waals surface area contributed by atoms with Gasteiger partial charge in [-0.25, -0.2) is 0 Å². The van der Waals surface area contributed by atoms with Crippen molar-refractivity contribution in [3.05, 3.63) is 101 Å². The molecule has 0 saturated heterocycles. The molecule has 0 amide bonds. The molecule has 0 bridgehead atoms. The fourth-order valence-electron chi connectivity index (χ4n) is 4.43. The van der Waals surface area contributed by atoms with Gasteiger partial charge in [-0.3, -0.25) is 0 Å². The van der Waals surface area contributed by atoms with Crippen LogP contribution >= 0.6 is 0 Å². The van der Waals surface area contributed by atoms with Gasteiger partial charge >= 0.3 is 0 Å². The van der Waals surface area contributed by atoms with Crippen LogP contribution in [0.4, 0.5) is 4.39 Å². The lowest BCUT2D eigenvalue weighted by Gasteiger charge is -2.27. The van der Waals surface area contributed by atoms with Gasteiger partial charge in [-0.1, -0.05) is 42.5 Å². The molecule has 2 aromatic carbocycles. The Morgan fingerprint density at radius 3 is 2.62 bits per heavy atom. The van der Waals surface area contributed by atoms with E-state index in [1.165, 1.54) is 45.0 Å². The van der Waals surface area contributed by atoms with E-state index in [2.05, 4.69) is 47.8 Å². The number of hydrogen-bond donors (Lipinski definition) is 1. The molecule has 0 aromatic heterocycles. The first-order chi connectivity index (χ1) is 12.8. The number of nitrogens with one attached hydrogen (secondary N) is 1. The van der Waals surface area contributed by atoms with Crippen LogP contribution in [-0.2, 0) is 19.3 Å². The highest BCUT2D eigenvalue weighted by Gasteiger charge is 2.23. The highest BCUT2D eigenvalue weighted by molar-refractivity contribution is 5.88. The van der Waals surface area contributed by atoms with E-state index in [1.807, 2.05) is 12.2 Å². The number of allylic oxidation sites excluding steroid dienone is 6. The zero-order valence-electron chi connectivity index (χ0n) is 14.6. The van der Waals surface area contributed by atoms with Gasteiger partial charge in [0.05, 0.1) is 0 Å². The van der Waals surface area contributed by atoms with Crippen LogP contribution in [0.1, 0.15) is 28.7 Å². The van der Waals surface area contributed by atoms with Gasteiger partial charge in [0.1, 0.15) is 0 Å². The molecule has 0 atom stereocenters. The van der Waals surface area contributed by atoms with Gasteiger partial charge in [-0.2, -0.15) is 4.39 Å². The Morgan fingerprint density at radius 2 is 1.65 bits per heavy atom. The van der Waals surface area contributed by atoms with Crippen LogP contribution in [-0.4, -0.2) is 0 Å². The van der Waals surface area contributed by atoms with Gasteiger partial charge in [0.25, 0.3) is 0 Å². The van der Waals surface area contributed by atoms with Gasteiger partial charge < -0.3 is 5.32 Å². The average molecular weight is 341 g/mol. The van der Waals surface area contributed by atoms with E-state index in [0.717, 1.165) is 31.3 Å². The first-order valence-electron chi connectivity index (χ1n) is 9.26. The van der Waals surface area contributed by atoms with E-state index in [9.17, 15) is 4.39 Å². The Hall–Kier alpha value is -2.87. The summed E-state index contributed by atoms with van der Waals surface area (Å²) in [6.45, 7) is 0. The largest absolute Gasteiger partial charge is 0.339 e. The predicted octanol–water partition coefficient (Wildman–Crippen LogP) is 5.64. The minimum Gasteiger partial charge on any atom is -0.339 e. The quantitative estimate of drug-likeness (QED) is 0.662. The van der Waals surface area contributed by atoms with Crippen molar-refractivity contribution in [2.45, 2.75) is 25.7 Å². The Kier molecular flexibility index (Phi) is 3.63. The molecule has 1 aliphatic heterocycles. The van der Waals surface area contributed by atoms with Crippen molar-refractivity contribution >= 4 is 5.57 Å². The first kappa shape index (κ1) is 15.4. The standard InChI is InChI=1S/C24H20FN/c25-24-13-9-17(14-15-26-24)19-6-3-7-20-21(19)11-12-22-18-5-2-1-4-16(18)8-10-23(20)22/h1-2,4-6,9,11-15,26H,3,7-8,10H2. The van der Waals surface area contributed by atoms with Crippen LogP contribution in [0.5, 0.6) is 0 Å². The third-order valence-electron chi connectivity index (χ3n) is 5.62. The van der Waals surface area contributed by atoms with Crippen LogP contribution in [0, 0.1) is 0 Å². The third-order valence-corrected chi connectivity index (χ3v) is 5.62. The zero-order chi connectivity index (χ0) is 17.5. The molecule has 1 heterocycles. The minimum atomic E-state index is -0.324. The van der Waals surface area contributed by atoms with Gasteiger partial charge in [0.2, 0.25) is 0 Å². The van der Waals surface area contributed by atoms with E-state index < -0.39 is 0 Å². The number of fused-ring (bicyclic) bond motifs is 5. The maximum atomic E-state index is 13.5. The number of aryl methyl sites for hydroxylation is 1. The third kappa shape index (κ3) is 2.45. The lowest BCUT2D eigenvalue weighted by molar-refractivity contribution is 0.587. The maximum Gasteiger partial charge on any atom is 0.190 e. The molecular formula is C24H20FN. The summed E-state index contributed by atoms with van der Waals surface area (Å²) in [6.07, 6.45) is 13.6. The Bertz CT molecular complexity index is 1020. The van der Waals surface area contributed by atoms with Crippen molar-refractivity contribution in [2.24, 2.45) is 0 Å². The molecule has 1 nitrogen and oxygen atoms in total. The molecule has 0 saturated carbocycles. The summed E-state index contributed by atoms with van der Waals surface area (Å²) in [4.78, 5) is 0. The molecular weight excluding hydrogens is 321 g/mol. The Labute approximate surface area is 153 Å². The summed E-state index contributed by atoms with van der Waals surface area (Å²) < 4.78 is 13.5. The van der Waals surface area contributed by atoms with Gasteiger partial charge in [-0.15, -0.1) is 0 Å². The van der Waals surface area contributed by atoms with E-state index in [0.29, 0.717) is 0 Å². The number of hydrogen-bond acceptors (Lipinski definition) is 1. The molecule has 0 spiro atoms. The molecule has 0 unspecified atom stereocenters. The van der Waals surface area contributed by atoms with Gasteiger partial charge in [-0.05, 0) is 88.4 Å². The normalized spacial score (nSPS) is 17.7. The summed E-state index contributed by atoms with van der Waals surface area (Å²) in [6, 6.07) is 13.3. The molecule has 26 heavy (non-hydrogen) atoms. The Balaban J connectivity index is 1.64. The highest BCUT2D eigenvalue weighted by Crippen LogP contribution is 2.41. The minimum absolute atomic E-state index is 0.324. The summed E-state index contributed by atoms with van der Waals surface area (Å²) >= 11 is 0. The summed E-state index contributed by atoms with van der Waals surface area (Å²) in [7, 11) is 0. The van der Waals surface area contributed by atoms with Gasteiger partial charge in [0, 0.05) is 6.20 Å². The molecule has 2 aliphatic carbocycles. The van der Waals surface area contributed by atoms with Crippen LogP contribution in [0.15, 0.2) is 78.4 Å². The monoisotopic (exact) mass is 341 g/mol. The predicted molar refractivity (Wildman–Crippen MR) is 105 cm³/mol. The Morgan fingerprint density at radius 1 is 0.808 bits per heavy atom. The van der Waals surface area contributed by atoms with E-state index in [4.69, 9.17) is 0 Å². The van der Waals surface area contributed by atoms with Crippen molar-refractivity contribution in [3.63, 3.8) is 0 Å². The SMILES string of the molecule is FC1=CC=C(C2=CCCc3c2ccc2c3CCc3ccccc3-2)C=CN1. The second-order valence-corrected chi connectivity index (χ2v) is 7.05. The highest BCUT2D eigenvalue weighted by atomic mass is 19.1. The molecule has 128 valence electrons. The van der Waals surface area contributed by atoms with Crippen LogP contribution in [0.2, 0.25) is 0 Å². The summed E-state index contributed by atoms with van der Waals surface area (Å²) in [5.41, 5.74) is 10.8. The lowest BCUT2D eigenvalue weighted by atomic mass is 9.77. The number of rotatable bonds is 1. The zero-order valence-corrected chi connectivity index (χ0v) is 14.6. The number of halogens is 1. The summed E-state index contributed by atoms with van der Waals surface area (Å²) in [5.74, 6) is -0.324. The molecule has 2 aromatic rings. The second-order valence-electron chi connectivity index (χ2n) is 7.05. The molecule has 3 aliphatic rings. The average Bonchev–Trinajstić information content (AvgIpc) is 2.91. The van der Waals surface area contributed by atoms with Crippen molar-refractivity contribution < 1.29 is 4.39 Å². The smallest absolute Gasteiger partial charge is 0.190 e. The van der Waals surface area contributed by atoms with Crippen LogP contribution < -0.4 is 5.32 Å². The van der Waals surface area contributed by atoms with E-state index in [-0.39, 0.29) is 5.95 Å². The van der Waals surface area contributed by atoms with Crippen molar-refractivity contribution in [3.8, 4) is 11.1 Å². The first-order valence-corrected chi connectivity index (χ1v) is 9.26. The second kappa shape index (κ2) is 6.14. The van der Waals surface area contributed by atoms with Crippen LogP contribution in [0.25, 0.3) is 16.7 Å². The van der Waals surface area contributed by atoms with Crippen molar-refractivity contribution in [1.29, 1.82) is 0 Å². The molecule has 0 radical (unpaired) electrons. The van der Waals surface area contributed by atoms with Gasteiger partial charge in [0.15, 0.2) is 5.95 Å². The van der Waals surface area contributed by atoms with Crippen molar-refractivity contribution in [2.75, 3.05) is 0 Å². The topological polar surface area (TPSA) is 12.0 Å². The lowest BCUT2D eigenvalue weighted by Crippen LogP contribution is -2.11. The van der Waals surface area contributed by atoms with Crippen molar-refractivity contribution in [1.82, 2.24) is 5.32 Å². The maximum absolute atomic E-state index is 13.5. The van der Waals surface area contributed by atoms with E-state index >= 15 is 0 Å². The molecule has 5 rings (SSSR count).